The van der Waals surface area contributed by atoms with E-state index in [2.05, 4.69) is 10.3 Å². The maximum Gasteiger partial charge on any atom is 0.265 e. The van der Waals surface area contributed by atoms with Crippen LogP contribution in [-0.4, -0.2) is 51.6 Å². The van der Waals surface area contributed by atoms with Crippen molar-refractivity contribution in [3.05, 3.63) is 79.9 Å². The quantitative estimate of drug-likeness (QED) is 0.463. The van der Waals surface area contributed by atoms with Gasteiger partial charge in [-0.15, -0.1) is 0 Å². The number of aromatic amines is 1. The molecule has 0 unspecified atom stereocenters. The molecule has 9 heteroatoms. The lowest BCUT2D eigenvalue weighted by molar-refractivity contribution is -0.132. The van der Waals surface area contributed by atoms with Gasteiger partial charge in [0, 0.05) is 43.6 Å². The second-order valence-corrected chi connectivity index (χ2v) is 9.32. The van der Waals surface area contributed by atoms with Crippen LogP contribution in [0.4, 0.5) is 0 Å². The van der Waals surface area contributed by atoms with Gasteiger partial charge >= 0.3 is 0 Å². The van der Waals surface area contributed by atoms with E-state index in [-0.39, 0.29) is 37.5 Å². The summed E-state index contributed by atoms with van der Waals surface area (Å²) in [5.74, 6) is -0.971. The SMILES string of the molecule is Cc1ccc(CNC(=O)c2cc3ccc(=O)[nH]c3n(CC(=O)N(C)CC(C)(C)CO)c2=O)cc1. The van der Waals surface area contributed by atoms with Crippen LogP contribution in [0.5, 0.6) is 0 Å². The number of benzene rings is 1. The Morgan fingerprint density at radius 2 is 1.79 bits per heavy atom. The Kier molecular flexibility index (Phi) is 7.36. The van der Waals surface area contributed by atoms with E-state index in [1.54, 1.807) is 7.05 Å². The molecule has 0 saturated heterocycles. The number of aliphatic hydroxyl groups excluding tert-OH is 1. The van der Waals surface area contributed by atoms with Crippen LogP contribution in [0.15, 0.2) is 52.1 Å². The van der Waals surface area contributed by atoms with Crippen molar-refractivity contribution in [2.24, 2.45) is 5.41 Å². The van der Waals surface area contributed by atoms with E-state index in [1.165, 1.54) is 23.1 Å². The lowest BCUT2D eigenvalue weighted by Gasteiger charge is -2.28. The largest absolute Gasteiger partial charge is 0.396 e. The molecule has 3 aromatic rings. The molecule has 0 radical (unpaired) electrons. The van der Waals surface area contributed by atoms with E-state index in [0.29, 0.717) is 5.39 Å². The zero-order valence-corrected chi connectivity index (χ0v) is 19.8. The summed E-state index contributed by atoms with van der Waals surface area (Å²) in [7, 11) is 1.58. The van der Waals surface area contributed by atoms with Crippen molar-refractivity contribution in [1.29, 1.82) is 0 Å². The predicted octanol–water partition coefficient (Wildman–Crippen LogP) is 1.41. The number of aromatic nitrogens is 2. The lowest BCUT2D eigenvalue weighted by Crippen LogP contribution is -2.42. The standard InChI is InChI=1S/C25H30N4O5/c1-16-5-7-17(8-6-16)12-26-23(33)19-11-18-9-10-20(31)27-22(18)29(24(19)34)13-21(32)28(4)14-25(2,3)15-30/h5-11,30H,12-15H2,1-4H3,(H,26,33)(H,27,31). The van der Waals surface area contributed by atoms with Gasteiger partial charge < -0.3 is 20.3 Å². The van der Waals surface area contributed by atoms with E-state index in [9.17, 15) is 24.3 Å². The van der Waals surface area contributed by atoms with Crippen LogP contribution in [0.2, 0.25) is 0 Å². The van der Waals surface area contributed by atoms with Crippen molar-refractivity contribution in [3.63, 3.8) is 0 Å². The molecule has 3 N–H and O–H groups in total. The first kappa shape index (κ1) is 24.9. The normalized spacial score (nSPS) is 11.4. The van der Waals surface area contributed by atoms with Crippen LogP contribution >= 0.6 is 0 Å². The molecule has 1 aromatic carbocycles. The molecule has 0 aliphatic carbocycles. The number of nitrogens with one attached hydrogen (secondary N) is 2. The molecule has 3 rings (SSSR count). The van der Waals surface area contributed by atoms with E-state index in [1.807, 2.05) is 45.0 Å². The van der Waals surface area contributed by atoms with Crippen LogP contribution in [-0.2, 0) is 17.9 Å². The van der Waals surface area contributed by atoms with Crippen LogP contribution in [0.3, 0.4) is 0 Å². The van der Waals surface area contributed by atoms with Gasteiger partial charge in [0.2, 0.25) is 11.5 Å². The van der Waals surface area contributed by atoms with Gasteiger partial charge in [-0.1, -0.05) is 43.7 Å². The molecule has 2 amide bonds. The summed E-state index contributed by atoms with van der Waals surface area (Å²) >= 11 is 0. The summed E-state index contributed by atoms with van der Waals surface area (Å²) in [5, 5.41) is 12.7. The Balaban J connectivity index is 1.94. The fourth-order valence-corrected chi connectivity index (χ4v) is 3.61. The van der Waals surface area contributed by atoms with E-state index >= 15 is 0 Å². The molecule has 0 atom stereocenters. The lowest BCUT2D eigenvalue weighted by atomic mass is 9.94. The van der Waals surface area contributed by atoms with Crippen molar-refractivity contribution in [2.45, 2.75) is 33.9 Å². The van der Waals surface area contributed by atoms with Crippen molar-refractivity contribution >= 4 is 22.8 Å². The smallest absolute Gasteiger partial charge is 0.265 e. The third kappa shape index (κ3) is 5.79. The molecule has 2 aromatic heterocycles. The first-order valence-electron chi connectivity index (χ1n) is 11.0. The van der Waals surface area contributed by atoms with Gasteiger partial charge in [-0.05, 0) is 24.6 Å². The molecule has 2 heterocycles. The molecule has 34 heavy (non-hydrogen) atoms. The summed E-state index contributed by atoms with van der Waals surface area (Å²) in [5.41, 5.74) is 0.377. The van der Waals surface area contributed by atoms with Crippen LogP contribution in [0, 0.1) is 12.3 Å². The molecular formula is C25H30N4O5. The van der Waals surface area contributed by atoms with Crippen molar-refractivity contribution in [2.75, 3.05) is 20.2 Å². The number of rotatable bonds is 8. The second-order valence-electron chi connectivity index (χ2n) is 9.32. The Labute approximate surface area is 197 Å². The topological polar surface area (TPSA) is 124 Å². The van der Waals surface area contributed by atoms with Gasteiger partial charge in [0.05, 0.1) is 0 Å². The fourth-order valence-electron chi connectivity index (χ4n) is 3.61. The van der Waals surface area contributed by atoms with Gasteiger partial charge in [-0.3, -0.25) is 23.7 Å². The predicted molar refractivity (Wildman–Crippen MR) is 130 cm³/mol. The number of H-pyrrole nitrogens is 1. The minimum Gasteiger partial charge on any atom is -0.396 e. The summed E-state index contributed by atoms with van der Waals surface area (Å²) in [4.78, 5) is 55.0. The first-order chi connectivity index (χ1) is 16.0. The van der Waals surface area contributed by atoms with Crippen molar-refractivity contribution < 1.29 is 14.7 Å². The number of hydrogen-bond donors (Lipinski definition) is 3. The summed E-state index contributed by atoms with van der Waals surface area (Å²) in [6.07, 6.45) is 0. The van der Waals surface area contributed by atoms with Crippen molar-refractivity contribution in [1.82, 2.24) is 19.8 Å². The highest BCUT2D eigenvalue weighted by atomic mass is 16.3. The molecule has 0 aliphatic heterocycles. The number of aryl methyl sites for hydroxylation is 1. The zero-order valence-electron chi connectivity index (χ0n) is 19.8. The molecule has 0 saturated carbocycles. The molecule has 0 aliphatic rings. The number of fused-ring (bicyclic) bond motifs is 1. The number of carbonyl (C=O) groups excluding carboxylic acids is 2. The minimum absolute atomic E-state index is 0.114. The van der Waals surface area contributed by atoms with Crippen molar-refractivity contribution in [3.8, 4) is 0 Å². The molecule has 9 nitrogen and oxygen atoms in total. The molecule has 0 spiro atoms. The number of carbonyl (C=O) groups is 2. The number of nitrogens with zero attached hydrogens (tertiary/aromatic N) is 2. The summed E-state index contributed by atoms with van der Waals surface area (Å²) < 4.78 is 1.11. The molecular weight excluding hydrogens is 436 g/mol. The number of amides is 2. The minimum atomic E-state index is -0.682. The third-order valence-electron chi connectivity index (χ3n) is 5.61. The first-order valence-corrected chi connectivity index (χ1v) is 11.0. The van der Waals surface area contributed by atoms with Gasteiger partial charge in [0.25, 0.3) is 11.5 Å². The number of likely N-dealkylation sites (N-methyl/N-ethyl adjacent to an activating group) is 1. The molecule has 180 valence electrons. The Morgan fingerprint density at radius 3 is 2.44 bits per heavy atom. The number of hydrogen-bond acceptors (Lipinski definition) is 5. The van der Waals surface area contributed by atoms with Gasteiger partial charge in [0.1, 0.15) is 17.8 Å². The summed E-state index contributed by atoms with van der Waals surface area (Å²) in [6.45, 7) is 5.61. The maximum atomic E-state index is 13.3. The number of pyridine rings is 2. The van der Waals surface area contributed by atoms with Gasteiger partial charge in [-0.25, -0.2) is 0 Å². The Hall–Kier alpha value is -3.72. The average molecular weight is 467 g/mol. The monoisotopic (exact) mass is 466 g/mol. The second kappa shape index (κ2) is 10.0. The zero-order chi connectivity index (χ0) is 25.0. The molecule has 0 fully saturated rings. The highest BCUT2D eigenvalue weighted by Gasteiger charge is 2.24. The Morgan fingerprint density at radius 1 is 1.12 bits per heavy atom. The van der Waals surface area contributed by atoms with Gasteiger partial charge in [0.15, 0.2) is 0 Å². The van der Waals surface area contributed by atoms with E-state index in [4.69, 9.17) is 0 Å². The Bertz CT molecular complexity index is 1320. The van der Waals surface area contributed by atoms with Crippen LogP contribution in [0.1, 0.15) is 35.3 Å². The summed E-state index contributed by atoms with van der Waals surface area (Å²) in [6, 6.07) is 11.9. The van der Waals surface area contributed by atoms with E-state index < -0.39 is 28.3 Å². The maximum absolute atomic E-state index is 13.3. The highest BCUT2D eigenvalue weighted by molar-refractivity contribution is 5.97. The van der Waals surface area contributed by atoms with Crippen LogP contribution < -0.4 is 16.4 Å². The fraction of sp³-hybridized carbons (Fsp3) is 0.360. The van der Waals surface area contributed by atoms with E-state index in [0.717, 1.165) is 15.7 Å². The molecule has 0 bridgehead atoms. The van der Waals surface area contributed by atoms with Gasteiger partial charge in [-0.2, -0.15) is 0 Å². The highest BCUT2D eigenvalue weighted by Crippen LogP contribution is 2.16. The average Bonchev–Trinajstić information content (AvgIpc) is 2.80. The van der Waals surface area contributed by atoms with Crippen LogP contribution in [0.25, 0.3) is 11.0 Å². The third-order valence-corrected chi connectivity index (χ3v) is 5.61. The number of aliphatic hydroxyl groups is 1.